The van der Waals surface area contributed by atoms with E-state index in [2.05, 4.69) is 21.7 Å². The lowest BCUT2D eigenvalue weighted by molar-refractivity contribution is -0.260. The lowest BCUT2D eigenvalue weighted by Gasteiger charge is -2.09. The molecule has 0 fully saturated rings. The fourth-order valence-corrected chi connectivity index (χ4v) is 3.47. The third-order valence-electron chi connectivity index (χ3n) is 5.47. The monoisotopic (exact) mass is 456 g/mol. The SMILES string of the molecule is CCCCCCCCCCCCCCCCCC(=O)OOC(=O)[C@@H](N)CCCN=C(N)N. The zero-order valence-corrected chi connectivity index (χ0v) is 20.3. The van der Waals surface area contributed by atoms with Crippen molar-refractivity contribution in [2.45, 2.75) is 129 Å². The Bertz CT molecular complexity index is 496. The quantitative estimate of drug-likeness (QED) is 0.0751. The molecule has 1 atom stereocenters. The second-order valence-corrected chi connectivity index (χ2v) is 8.61. The lowest BCUT2D eigenvalue weighted by Crippen LogP contribution is -2.33. The van der Waals surface area contributed by atoms with Gasteiger partial charge < -0.3 is 17.2 Å². The van der Waals surface area contributed by atoms with Gasteiger partial charge in [0.15, 0.2) is 5.96 Å². The van der Waals surface area contributed by atoms with Gasteiger partial charge in [0.2, 0.25) is 0 Å². The van der Waals surface area contributed by atoms with E-state index in [1.807, 2.05) is 0 Å². The smallest absolute Gasteiger partial charge is 0.370 e. The fraction of sp³-hybridized carbons (Fsp3) is 0.875. The molecule has 0 saturated carbocycles. The van der Waals surface area contributed by atoms with Gasteiger partial charge >= 0.3 is 11.9 Å². The van der Waals surface area contributed by atoms with Crippen molar-refractivity contribution >= 4 is 17.9 Å². The number of unbranched alkanes of at least 4 members (excludes halogenated alkanes) is 14. The van der Waals surface area contributed by atoms with Gasteiger partial charge in [-0.3, -0.25) is 4.99 Å². The molecule has 188 valence electrons. The van der Waals surface area contributed by atoms with E-state index in [1.165, 1.54) is 77.0 Å². The average Bonchev–Trinajstić information content (AvgIpc) is 2.77. The predicted octanol–water partition coefficient (Wildman–Crippen LogP) is 4.63. The Morgan fingerprint density at radius 2 is 1.19 bits per heavy atom. The Balaban J connectivity index is 3.42. The first kappa shape index (κ1) is 30.2. The molecule has 0 aromatic carbocycles. The van der Waals surface area contributed by atoms with E-state index in [0.717, 1.165) is 19.3 Å². The number of hydrogen-bond acceptors (Lipinski definition) is 6. The second kappa shape index (κ2) is 22.4. The normalized spacial score (nSPS) is 11.7. The van der Waals surface area contributed by atoms with Gasteiger partial charge in [-0.2, -0.15) is 0 Å². The summed E-state index contributed by atoms with van der Waals surface area (Å²) in [7, 11) is 0. The Kier molecular flexibility index (Phi) is 21.1. The maximum atomic E-state index is 11.7. The van der Waals surface area contributed by atoms with Crippen LogP contribution in [0, 0.1) is 0 Å². The molecule has 8 heteroatoms. The molecule has 0 aliphatic rings. The van der Waals surface area contributed by atoms with E-state index in [-0.39, 0.29) is 12.4 Å². The van der Waals surface area contributed by atoms with Gasteiger partial charge in [-0.1, -0.05) is 96.8 Å². The van der Waals surface area contributed by atoms with Gasteiger partial charge in [0.1, 0.15) is 6.04 Å². The van der Waals surface area contributed by atoms with Gasteiger partial charge in [-0.05, 0) is 19.3 Å². The molecule has 6 N–H and O–H groups in total. The molecule has 0 saturated heterocycles. The second-order valence-electron chi connectivity index (χ2n) is 8.61. The highest BCUT2D eigenvalue weighted by Crippen LogP contribution is 2.14. The molecule has 0 bridgehead atoms. The number of aliphatic imine (C=N–C) groups is 1. The summed E-state index contributed by atoms with van der Waals surface area (Å²) in [6.45, 7) is 2.63. The first-order chi connectivity index (χ1) is 15.5. The molecule has 32 heavy (non-hydrogen) atoms. The van der Waals surface area contributed by atoms with Gasteiger partial charge in [-0.25, -0.2) is 19.4 Å². The molecule has 0 aromatic heterocycles. The van der Waals surface area contributed by atoms with E-state index < -0.39 is 18.0 Å². The van der Waals surface area contributed by atoms with Crippen LogP contribution < -0.4 is 17.2 Å². The summed E-state index contributed by atoms with van der Waals surface area (Å²) in [5, 5.41) is 0. The topological polar surface area (TPSA) is 143 Å². The Hall–Kier alpha value is -1.83. The van der Waals surface area contributed by atoms with Gasteiger partial charge in [0.25, 0.3) is 0 Å². The summed E-state index contributed by atoms with van der Waals surface area (Å²) in [6.07, 6.45) is 20.1. The van der Waals surface area contributed by atoms with E-state index in [0.29, 0.717) is 19.4 Å². The lowest BCUT2D eigenvalue weighted by atomic mass is 10.0. The minimum Gasteiger partial charge on any atom is -0.370 e. The third kappa shape index (κ3) is 21.4. The van der Waals surface area contributed by atoms with Crippen LogP contribution in [0.2, 0.25) is 0 Å². The van der Waals surface area contributed by atoms with Crippen molar-refractivity contribution in [1.29, 1.82) is 0 Å². The van der Waals surface area contributed by atoms with Gasteiger partial charge in [0, 0.05) is 6.54 Å². The fourth-order valence-electron chi connectivity index (χ4n) is 3.47. The summed E-state index contributed by atoms with van der Waals surface area (Å²) in [4.78, 5) is 36.2. The van der Waals surface area contributed by atoms with Crippen LogP contribution >= 0.6 is 0 Å². The maximum Gasteiger partial charge on any atom is 0.372 e. The molecule has 0 aliphatic heterocycles. The molecular weight excluding hydrogens is 408 g/mol. The predicted molar refractivity (Wildman–Crippen MR) is 130 cm³/mol. The average molecular weight is 457 g/mol. The van der Waals surface area contributed by atoms with Crippen molar-refractivity contribution < 1.29 is 19.4 Å². The molecule has 0 radical (unpaired) electrons. The highest BCUT2D eigenvalue weighted by Gasteiger charge is 2.18. The molecule has 0 aliphatic carbocycles. The molecule has 0 amide bonds. The van der Waals surface area contributed by atoms with Crippen molar-refractivity contribution in [3.05, 3.63) is 0 Å². The number of guanidine groups is 1. The largest absolute Gasteiger partial charge is 0.372 e. The Morgan fingerprint density at radius 3 is 1.66 bits per heavy atom. The van der Waals surface area contributed by atoms with Crippen LogP contribution in [0.3, 0.4) is 0 Å². The van der Waals surface area contributed by atoms with Gasteiger partial charge in [-0.15, -0.1) is 0 Å². The molecule has 0 aromatic rings. The van der Waals surface area contributed by atoms with E-state index in [1.54, 1.807) is 0 Å². The molecule has 8 nitrogen and oxygen atoms in total. The summed E-state index contributed by atoms with van der Waals surface area (Å²) in [5.41, 5.74) is 16.1. The van der Waals surface area contributed by atoms with Crippen molar-refractivity contribution in [3.63, 3.8) is 0 Å². The first-order valence-corrected chi connectivity index (χ1v) is 12.7. The third-order valence-corrected chi connectivity index (χ3v) is 5.47. The van der Waals surface area contributed by atoms with E-state index in [4.69, 9.17) is 17.2 Å². The van der Waals surface area contributed by atoms with E-state index >= 15 is 0 Å². The van der Waals surface area contributed by atoms with Crippen LogP contribution in [-0.4, -0.2) is 30.5 Å². The zero-order chi connectivity index (χ0) is 23.9. The standard InChI is InChI=1S/C24H48N4O4/c1-2-3-4-5-6-7-8-9-10-11-12-13-14-15-16-19-22(29)31-32-23(30)21(25)18-17-20-28-24(26)27/h21H,2-20,25H2,1H3,(H4,26,27,28)/t21-/m0/s1. The molecule has 0 rings (SSSR count). The van der Waals surface area contributed by atoms with Gasteiger partial charge in [0.05, 0.1) is 6.42 Å². The molecule has 0 spiro atoms. The minimum absolute atomic E-state index is 0.00567. The minimum atomic E-state index is -0.872. The highest BCUT2D eigenvalue weighted by molar-refractivity contribution is 5.77. The number of carbonyl (C=O) groups excluding carboxylic acids is 2. The van der Waals surface area contributed by atoms with Crippen LogP contribution in [0.1, 0.15) is 122 Å². The summed E-state index contributed by atoms with van der Waals surface area (Å²) in [5.74, 6) is -1.31. The van der Waals surface area contributed by atoms with E-state index in [9.17, 15) is 9.59 Å². The number of nitrogens with zero attached hydrogens (tertiary/aromatic N) is 1. The Morgan fingerprint density at radius 1 is 0.719 bits per heavy atom. The van der Waals surface area contributed by atoms with Crippen LogP contribution in [0.15, 0.2) is 4.99 Å². The van der Waals surface area contributed by atoms with Crippen LogP contribution in [-0.2, 0) is 19.4 Å². The number of hydrogen-bond donors (Lipinski definition) is 3. The summed E-state index contributed by atoms with van der Waals surface area (Å²) < 4.78 is 0. The maximum absolute atomic E-state index is 11.7. The summed E-state index contributed by atoms with van der Waals surface area (Å²) >= 11 is 0. The van der Waals surface area contributed by atoms with Crippen LogP contribution in [0.25, 0.3) is 0 Å². The van der Waals surface area contributed by atoms with Crippen molar-refractivity contribution in [2.75, 3.05) is 6.54 Å². The zero-order valence-electron chi connectivity index (χ0n) is 20.3. The molecule has 0 heterocycles. The molecular formula is C24H48N4O4. The van der Waals surface area contributed by atoms with Crippen molar-refractivity contribution in [1.82, 2.24) is 0 Å². The highest BCUT2D eigenvalue weighted by atomic mass is 17.2. The Labute approximate surface area is 195 Å². The first-order valence-electron chi connectivity index (χ1n) is 12.7. The van der Waals surface area contributed by atoms with Crippen LogP contribution in [0.4, 0.5) is 0 Å². The summed E-state index contributed by atoms with van der Waals surface area (Å²) in [6, 6.07) is -0.872. The van der Waals surface area contributed by atoms with Crippen molar-refractivity contribution in [2.24, 2.45) is 22.2 Å². The molecule has 0 unspecified atom stereocenters. The number of nitrogens with two attached hydrogens (primary N) is 3. The number of carbonyl (C=O) groups is 2. The van der Waals surface area contributed by atoms with Crippen LogP contribution in [0.5, 0.6) is 0 Å². The van der Waals surface area contributed by atoms with Crippen molar-refractivity contribution in [3.8, 4) is 0 Å². The number of rotatable bonds is 21.